The summed E-state index contributed by atoms with van der Waals surface area (Å²) in [6.07, 6.45) is 2.60. The van der Waals surface area contributed by atoms with Gasteiger partial charge in [0.25, 0.3) is 6.29 Å². The smallest absolute Gasteiger partial charge is 0.272 e. The number of hydrogen-bond donors (Lipinski definition) is 1. The Morgan fingerprint density at radius 1 is 1.50 bits per heavy atom. The minimum atomic E-state index is -0.756. The van der Waals surface area contributed by atoms with Crippen LogP contribution in [0.4, 0.5) is 0 Å². The van der Waals surface area contributed by atoms with Gasteiger partial charge in [0, 0.05) is 0 Å². The first-order valence-corrected chi connectivity index (χ1v) is 3.91. The fourth-order valence-electron chi connectivity index (χ4n) is 1.28. The van der Waals surface area contributed by atoms with E-state index in [1.54, 1.807) is 0 Å². The Hall–Kier alpha value is -1.03. The Morgan fingerprint density at radius 2 is 2.25 bits per heavy atom. The zero-order valence-corrected chi connectivity index (χ0v) is 6.63. The number of nitrogens with one attached hydrogen (secondary N) is 1. The van der Waals surface area contributed by atoms with Gasteiger partial charge in [0.15, 0.2) is 5.78 Å². The van der Waals surface area contributed by atoms with Crippen molar-refractivity contribution in [2.45, 2.75) is 25.3 Å². The van der Waals surface area contributed by atoms with Crippen LogP contribution in [0.25, 0.3) is 0 Å². The molecule has 0 saturated carbocycles. The molecule has 1 unspecified atom stereocenters. The van der Waals surface area contributed by atoms with Crippen molar-refractivity contribution < 1.29 is 14.4 Å². The predicted octanol–water partition coefficient (Wildman–Crippen LogP) is -0.624. The van der Waals surface area contributed by atoms with Crippen LogP contribution in [0.15, 0.2) is 0 Å². The van der Waals surface area contributed by atoms with Gasteiger partial charge in [-0.05, 0) is 19.4 Å². The van der Waals surface area contributed by atoms with Gasteiger partial charge in [0.2, 0.25) is 5.78 Å². The highest BCUT2D eigenvalue weighted by Crippen LogP contribution is 2.07. The van der Waals surface area contributed by atoms with Crippen molar-refractivity contribution in [3.63, 3.8) is 0 Å². The average molecular weight is 168 g/mol. The molecule has 0 aromatic heterocycles. The van der Waals surface area contributed by atoms with Gasteiger partial charge >= 0.3 is 0 Å². The van der Waals surface area contributed by atoms with E-state index in [0.29, 0.717) is 0 Å². The summed E-state index contributed by atoms with van der Waals surface area (Å²) in [5.41, 5.74) is 0. The highest BCUT2D eigenvalue weighted by molar-refractivity contribution is 6.30. The number of Topliss-reactive ketones (excluding diaryl/α,β-unsaturated/α-hetero) is 2. The normalized spacial score (nSPS) is 22.2. The van der Waals surface area contributed by atoms with Gasteiger partial charge in [-0.3, -0.25) is 14.4 Å². The van der Waals surface area contributed by atoms with E-state index in [-0.39, 0.29) is 18.2 Å². The predicted molar refractivity (Wildman–Crippen MR) is 41.3 cm³/mol. The Labute approximate surface area is 70.3 Å². The van der Waals surface area contributed by atoms with Crippen molar-refractivity contribution in [3.8, 4) is 0 Å². The third kappa shape index (κ3) is 2.23. The Morgan fingerprint density at radius 3 is 2.75 bits per heavy atom. The minimum Gasteiger partial charge on any atom is -0.307 e. The van der Waals surface area contributed by atoms with Gasteiger partial charge in [-0.15, -0.1) is 0 Å². The molecular formula is C8H10NO3. The maximum atomic E-state index is 11.2. The van der Waals surface area contributed by atoms with E-state index in [4.69, 9.17) is 0 Å². The van der Waals surface area contributed by atoms with Crippen LogP contribution in [0.2, 0.25) is 0 Å². The second kappa shape index (κ2) is 4.11. The molecule has 1 radical (unpaired) electrons. The molecule has 0 aliphatic carbocycles. The molecule has 4 heteroatoms. The van der Waals surface area contributed by atoms with Gasteiger partial charge in [0.05, 0.1) is 12.5 Å². The van der Waals surface area contributed by atoms with Gasteiger partial charge in [0.1, 0.15) is 0 Å². The van der Waals surface area contributed by atoms with Gasteiger partial charge in [-0.1, -0.05) is 0 Å². The molecule has 0 spiro atoms. The molecule has 1 aliphatic heterocycles. The zero-order chi connectivity index (χ0) is 8.97. The second-order valence-corrected chi connectivity index (χ2v) is 2.82. The molecule has 0 amide bonds. The number of ketones is 2. The maximum Gasteiger partial charge on any atom is 0.272 e. The largest absolute Gasteiger partial charge is 0.307 e. The van der Waals surface area contributed by atoms with E-state index in [2.05, 4.69) is 5.32 Å². The average Bonchev–Trinajstić information content (AvgIpc) is 2.56. The molecule has 65 valence electrons. The van der Waals surface area contributed by atoms with Crippen molar-refractivity contribution in [2.24, 2.45) is 0 Å². The standard InChI is InChI=1S/C8H10NO3/c10-5-6(11)4-8(12)7-2-1-3-9-7/h7,9H,1-4H2. The minimum absolute atomic E-state index is 0.194. The molecule has 1 rings (SSSR count). The summed E-state index contributed by atoms with van der Waals surface area (Å²) in [7, 11) is 0. The summed E-state index contributed by atoms with van der Waals surface area (Å²) in [4.78, 5) is 31.5. The summed E-state index contributed by atoms with van der Waals surface area (Å²) in [5.74, 6) is -0.949. The molecule has 0 aromatic rings. The number of hydrogen-bond acceptors (Lipinski definition) is 4. The number of carbonyl (C=O) groups excluding carboxylic acids is 3. The lowest BCUT2D eigenvalue weighted by Crippen LogP contribution is -2.32. The van der Waals surface area contributed by atoms with Crippen LogP contribution in [-0.2, 0) is 14.4 Å². The lowest BCUT2D eigenvalue weighted by Gasteiger charge is -2.05. The van der Waals surface area contributed by atoms with Crippen molar-refractivity contribution in [3.05, 3.63) is 0 Å². The molecule has 1 heterocycles. The van der Waals surface area contributed by atoms with Crippen molar-refractivity contribution >= 4 is 17.9 Å². The first-order valence-electron chi connectivity index (χ1n) is 3.91. The highest BCUT2D eigenvalue weighted by atomic mass is 16.2. The molecule has 4 nitrogen and oxygen atoms in total. The maximum absolute atomic E-state index is 11.2. The molecule has 1 aliphatic rings. The van der Waals surface area contributed by atoms with Crippen LogP contribution in [-0.4, -0.2) is 30.4 Å². The SMILES string of the molecule is O=[C]C(=O)CC(=O)C1CCCN1. The van der Waals surface area contributed by atoms with E-state index < -0.39 is 5.78 Å². The molecule has 1 atom stereocenters. The summed E-state index contributed by atoms with van der Waals surface area (Å²) >= 11 is 0. The lowest BCUT2D eigenvalue weighted by molar-refractivity contribution is -0.125. The van der Waals surface area contributed by atoms with Gasteiger partial charge in [-0.25, -0.2) is 0 Å². The van der Waals surface area contributed by atoms with E-state index in [1.807, 2.05) is 0 Å². The second-order valence-electron chi connectivity index (χ2n) is 2.82. The summed E-state index contributed by atoms with van der Waals surface area (Å²) in [6, 6.07) is -0.220. The van der Waals surface area contributed by atoms with Gasteiger partial charge < -0.3 is 5.32 Å². The molecule has 1 saturated heterocycles. The first kappa shape index (κ1) is 9.06. The summed E-state index contributed by atoms with van der Waals surface area (Å²) < 4.78 is 0. The van der Waals surface area contributed by atoms with Crippen LogP contribution < -0.4 is 5.32 Å². The molecule has 0 bridgehead atoms. The molecule has 1 N–H and O–H groups in total. The molecule has 1 fully saturated rings. The van der Waals surface area contributed by atoms with Crippen LogP contribution in [0.5, 0.6) is 0 Å². The summed E-state index contributed by atoms with van der Waals surface area (Å²) in [5, 5.41) is 2.95. The third-order valence-corrected chi connectivity index (χ3v) is 1.90. The monoisotopic (exact) mass is 168 g/mol. The Balaban J connectivity index is 2.36. The summed E-state index contributed by atoms with van der Waals surface area (Å²) in [6.45, 7) is 0.815. The molecule has 12 heavy (non-hydrogen) atoms. The fraction of sp³-hybridized carbons (Fsp3) is 0.625. The van der Waals surface area contributed by atoms with E-state index >= 15 is 0 Å². The van der Waals surface area contributed by atoms with Crippen molar-refractivity contribution in [1.82, 2.24) is 5.32 Å². The molecule has 0 aromatic carbocycles. The van der Waals surface area contributed by atoms with Gasteiger partial charge in [-0.2, -0.15) is 0 Å². The highest BCUT2D eigenvalue weighted by Gasteiger charge is 2.23. The zero-order valence-electron chi connectivity index (χ0n) is 6.63. The van der Waals surface area contributed by atoms with E-state index in [0.717, 1.165) is 19.4 Å². The van der Waals surface area contributed by atoms with Crippen molar-refractivity contribution in [2.75, 3.05) is 6.54 Å². The lowest BCUT2D eigenvalue weighted by atomic mass is 10.1. The number of rotatable bonds is 4. The topological polar surface area (TPSA) is 63.2 Å². The first-order chi connectivity index (χ1) is 5.74. The third-order valence-electron chi connectivity index (χ3n) is 1.90. The quantitative estimate of drug-likeness (QED) is 0.448. The van der Waals surface area contributed by atoms with Crippen molar-refractivity contribution in [1.29, 1.82) is 0 Å². The van der Waals surface area contributed by atoms with Crippen LogP contribution in [0, 0.1) is 0 Å². The Kier molecular flexibility index (Phi) is 3.10. The fourth-order valence-corrected chi connectivity index (χ4v) is 1.28. The van der Waals surface area contributed by atoms with Crippen LogP contribution >= 0.6 is 0 Å². The van der Waals surface area contributed by atoms with E-state index in [1.165, 1.54) is 6.29 Å². The van der Waals surface area contributed by atoms with Crippen LogP contribution in [0.1, 0.15) is 19.3 Å². The molecular weight excluding hydrogens is 158 g/mol. The number of carbonyl (C=O) groups is 2. The van der Waals surface area contributed by atoms with Crippen LogP contribution in [0.3, 0.4) is 0 Å². The van der Waals surface area contributed by atoms with E-state index in [9.17, 15) is 14.4 Å². The Bertz CT molecular complexity index is 206.